The summed E-state index contributed by atoms with van der Waals surface area (Å²) in [5.41, 5.74) is 3.70. The summed E-state index contributed by atoms with van der Waals surface area (Å²) < 4.78 is 1.70. The molecule has 2 amide bonds. The van der Waals surface area contributed by atoms with Crippen LogP contribution in [0, 0.1) is 6.92 Å². The van der Waals surface area contributed by atoms with Crippen LogP contribution in [0.3, 0.4) is 0 Å². The van der Waals surface area contributed by atoms with Gasteiger partial charge in [-0.25, -0.2) is 4.52 Å². The first-order valence-corrected chi connectivity index (χ1v) is 9.08. The Bertz CT molecular complexity index is 993. The molecule has 3 heterocycles. The van der Waals surface area contributed by atoms with Crippen LogP contribution in [-0.2, 0) is 4.79 Å². The summed E-state index contributed by atoms with van der Waals surface area (Å²) >= 11 is 0. The van der Waals surface area contributed by atoms with Crippen LogP contribution in [0.4, 0.5) is 0 Å². The van der Waals surface area contributed by atoms with Gasteiger partial charge in [0.2, 0.25) is 5.91 Å². The SMILES string of the molecule is CC(=O)N[C@H]1CN(C(=O)c2cnn3ccccc23)C[C@@H]1c1ccc(C)cc1. The Kier molecular flexibility index (Phi) is 4.39. The minimum Gasteiger partial charge on any atom is -0.351 e. The number of hydrogen-bond acceptors (Lipinski definition) is 3. The highest BCUT2D eigenvalue weighted by Gasteiger charge is 2.37. The molecule has 1 aliphatic heterocycles. The summed E-state index contributed by atoms with van der Waals surface area (Å²) in [7, 11) is 0. The van der Waals surface area contributed by atoms with Gasteiger partial charge in [-0.15, -0.1) is 0 Å². The van der Waals surface area contributed by atoms with Gasteiger partial charge < -0.3 is 10.2 Å². The third-order valence-corrected chi connectivity index (χ3v) is 5.16. The lowest BCUT2D eigenvalue weighted by molar-refractivity contribution is -0.119. The summed E-state index contributed by atoms with van der Waals surface area (Å²) in [4.78, 5) is 26.6. The van der Waals surface area contributed by atoms with E-state index in [-0.39, 0.29) is 23.8 Å². The molecule has 6 heteroatoms. The van der Waals surface area contributed by atoms with E-state index >= 15 is 0 Å². The number of carbonyl (C=O) groups is 2. The predicted octanol–water partition coefficient (Wildman–Crippen LogP) is 2.39. The number of nitrogens with one attached hydrogen (secondary N) is 1. The summed E-state index contributed by atoms with van der Waals surface area (Å²) in [6.45, 7) is 4.62. The quantitative estimate of drug-likeness (QED) is 0.778. The number of pyridine rings is 1. The van der Waals surface area contributed by atoms with Gasteiger partial charge in [0.1, 0.15) is 0 Å². The van der Waals surface area contributed by atoms with Crippen LogP contribution in [-0.4, -0.2) is 45.5 Å². The topological polar surface area (TPSA) is 66.7 Å². The van der Waals surface area contributed by atoms with E-state index in [1.165, 1.54) is 12.5 Å². The van der Waals surface area contributed by atoms with Gasteiger partial charge in [0, 0.05) is 32.1 Å². The van der Waals surface area contributed by atoms with E-state index in [1.807, 2.05) is 36.2 Å². The maximum Gasteiger partial charge on any atom is 0.257 e. The van der Waals surface area contributed by atoms with Crippen LogP contribution < -0.4 is 5.32 Å². The monoisotopic (exact) mass is 362 g/mol. The van der Waals surface area contributed by atoms with Crippen LogP contribution >= 0.6 is 0 Å². The Hall–Kier alpha value is -3.15. The molecule has 0 aliphatic carbocycles. The zero-order chi connectivity index (χ0) is 19.0. The van der Waals surface area contributed by atoms with Gasteiger partial charge >= 0.3 is 0 Å². The first-order valence-electron chi connectivity index (χ1n) is 9.08. The molecule has 138 valence electrons. The van der Waals surface area contributed by atoms with E-state index < -0.39 is 0 Å². The molecule has 1 saturated heterocycles. The number of amides is 2. The number of fused-ring (bicyclic) bond motifs is 1. The van der Waals surface area contributed by atoms with Gasteiger partial charge in [0.15, 0.2) is 0 Å². The molecule has 0 bridgehead atoms. The lowest BCUT2D eigenvalue weighted by Crippen LogP contribution is -2.39. The van der Waals surface area contributed by atoms with E-state index in [0.29, 0.717) is 18.7 Å². The Morgan fingerprint density at radius 3 is 2.63 bits per heavy atom. The van der Waals surface area contributed by atoms with Crippen LogP contribution in [0.25, 0.3) is 5.52 Å². The van der Waals surface area contributed by atoms with Crippen LogP contribution in [0.15, 0.2) is 54.9 Å². The fourth-order valence-corrected chi connectivity index (χ4v) is 3.80. The van der Waals surface area contributed by atoms with Crippen LogP contribution in [0.5, 0.6) is 0 Å². The molecule has 4 rings (SSSR count). The molecule has 0 unspecified atom stereocenters. The number of aromatic nitrogens is 2. The van der Waals surface area contributed by atoms with Crippen molar-refractivity contribution in [2.24, 2.45) is 0 Å². The third kappa shape index (κ3) is 3.30. The lowest BCUT2D eigenvalue weighted by atomic mass is 9.93. The number of benzene rings is 1. The number of rotatable bonds is 3. The third-order valence-electron chi connectivity index (χ3n) is 5.16. The van der Waals surface area contributed by atoms with Gasteiger partial charge in [-0.1, -0.05) is 35.9 Å². The zero-order valence-electron chi connectivity index (χ0n) is 15.4. The largest absolute Gasteiger partial charge is 0.351 e. The molecular weight excluding hydrogens is 340 g/mol. The fourth-order valence-electron chi connectivity index (χ4n) is 3.80. The van der Waals surface area contributed by atoms with Crippen molar-refractivity contribution in [1.29, 1.82) is 0 Å². The maximum absolute atomic E-state index is 13.1. The highest BCUT2D eigenvalue weighted by molar-refractivity contribution is 6.00. The van der Waals surface area contributed by atoms with E-state index in [2.05, 4.69) is 34.7 Å². The van der Waals surface area contributed by atoms with Gasteiger partial charge in [-0.05, 0) is 24.6 Å². The van der Waals surface area contributed by atoms with E-state index in [4.69, 9.17) is 0 Å². The van der Waals surface area contributed by atoms with Crippen LogP contribution in [0.2, 0.25) is 0 Å². The van der Waals surface area contributed by atoms with E-state index in [9.17, 15) is 9.59 Å². The molecule has 6 nitrogen and oxygen atoms in total. The minimum absolute atomic E-state index is 0.0545. The molecule has 0 radical (unpaired) electrons. The smallest absolute Gasteiger partial charge is 0.257 e. The second-order valence-corrected chi connectivity index (χ2v) is 7.12. The van der Waals surface area contributed by atoms with E-state index in [0.717, 1.165) is 11.1 Å². The Labute approximate surface area is 157 Å². The summed E-state index contributed by atoms with van der Waals surface area (Å²) in [5.74, 6) is -0.0659. The second-order valence-electron chi connectivity index (χ2n) is 7.12. The summed E-state index contributed by atoms with van der Waals surface area (Å²) in [6.07, 6.45) is 3.44. The maximum atomic E-state index is 13.1. The van der Waals surface area contributed by atoms with Crippen molar-refractivity contribution in [3.63, 3.8) is 0 Å². The number of nitrogens with zero attached hydrogens (tertiary/aromatic N) is 3. The average Bonchev–Trinajstić information content (AvgIpc) is 3.26. The minimum atomic E-state index is -0.101. The van der Waals surface area contributed by atoms with E-state index in [1.54, 1.807) is 10.7 Å². The van der Waals surface area contributed by atoms with Crippen molar-refractivity contribution in [2.45, 2.75) is 25.8 Å². The summed E-state index contributed by atoms with van der Waals surface area (Å²) in [6, 6.07) is 13.9. The first kappa shape index (κ1) is 17.3. The van der Waals surface area contributed by atoms with Crippen molar-refractivity contribution in [2.75, 3.05) is 13.1 Å². The molecule has 0 spiro atoms. The molecule has 1 aromatic carbocycles. The Morgan fingerprint density at radius 1 is 1.11 bits per heavy atom. The molecule has 1 aliphatic rings. The molecule has 2 aromatic heterocycles. The highest BCUT2D eigenvalue weighted by Crippen LogP contribution is 2.29. The lowest BCUT2D eigenvalue weighted by Gasteiger charge is -2.19. The van der Waals surface area contributed by atoms with Gasteiger partial charge in [0.05, 0.1) is 23.3 Å². The van der Waals surface area contributed by atoms with Crippen molar-refractivity contribution >= 4 is 17.3 Å². The van der Waals surface area contributed by atoms with Crippen molar-refractivity contribution in [3.05, 3.63) is 71.5 Å². The number of aryl methyl sites for hydroxylation is 1. The number of carbonyl (C=O) groups excluding carboxylic acids is 2. The second kappa shape index (κ2) is 6.87. The molecule has 27 heavy (non-hydrogen) atoms. The summed E-state index contributed by atoms with van der Waals surface area (Å²) in [5, 5.41) is 7.28. The van der Waals surface area contributed by atoms with Crippen LogP contribution in [0.1, 0.15) is 34.3 Å². The molecule has 1 N–H and O–H groups in total. The van der Waals surface area contributed by atoms with Crippen molar-refractivity contribution in [1.82, 2.24) is 19.8 Å². The van der Waals surface area contributed by atoms with Crippen molar-refractivity contribution < 1.29 is 9.59 Å². The highest BCUT2D eigenvalue weighted by atomic mass is 16.2. The zero-order valence-corrected chi connectivity index (χ0v) is 15.4. The average molecular weight is 362 g/mol. The standard InChI is InChI=1S/C21H22N4O2/c1-14-6-8-16(9-7-14)18-12-24(13-19(18)23-15(2)26)21(27)17-11-22-25-10-4-3-5-20(17)25/h3-11,18-19H,12-13H2,1-2H3,(H,23,26)/t18-,19+/m1/s1. The molecule has 0 saturated carbocycles. The fraction of sp³-hybridized carbons (Fsp3) is 0.286. The molecule has 2 atom stereocenters. The Morgan fingerprint density at radius 2 is 1.89 bits per heavy atom. The Balaban J connectivity index is 1.63. The van der Waals surface area contributed by atoms with Crippen molar-refractivity contribution in [3.8, 4) is 0 Å². The van der Waals surface area contributed by atoms with Gasteiger partial charge in [-0.2, -0.15) is 5.10 Å². The molecule has 1 fully saturated rings. The predicted molar refractivity (Wildman–Crippen MR) is 103 cm³/mol. The van der Waals surface area contributed by atoms with Gasteiger partial charge in [-0.3, -0.25) is 9.59 Å². The normalized spacial score (nSPS) is 19.4. The molecule has 3 aromatic rings. The first-order chi connectivity index (χ1) is 13.0. The number of hydrogen-bond donors (Lipinski definition) is 1. The number of likely N-dealkylation sites (tertiary alicyclic amines) is 1. The van der Waals surface area contributed by atoms with Gasteiger partial charge in [0.25, 0.3) is 5.91 Å². The molecular formula is C21H22N4O2.